The van der Waals surface area contributed by atoms with Crippen LogP contribution in [0.1, 0.15) is 64.9 Å². The zero-order valence-electron chi connectivity index (χ0n) is 17.1. The van der Waals surface area contributed by atoms with E-state index < -0.39 is 0 Å². The summed E-state index contributed by atoms with van der Waals surface area (Å²) in [6.07, 6.45) is 6.23. The Balaban J connectivity index is 1.28. The van der Waals surface area contributed by atoms with Crippen LogP contribution in [0, 0.1) is 5.92 Å². The Morgan fingerprint density at radius 1 is 1.10 bits per heavy atom. The first kappa shape index (κ1) is 19.7. The Labute approximate surface area is 180 Å². The van der Waals surface area contributed by atoms with Gasteiger partial charge in [0.25, 0.3) is 11.8 Å². The van der Waals surface area contributed by atoms with Gasteiger partial charge in [-0.05, 0) is 30.2 Å². The average molecular weight is 429 g/mol. The molecule has 2 amide bonds. The summed E-state index contributed by atoms with van der Waals surface area (Å²) in [5, 5.41) is 15.5. The predicted molar refractivity (Wildman–Crippen MR) is 113 cm³/mol. The first-order valence-electron chi connectivity index (χ1n) is 11.0. The van der Waals surface area contributed by atoms with Crippen LogP contribution in [0.5, 0.6) is 0 Å². The molecule has 2 aliphatic heterocycles. The second kappa shape index (κ2) is 8.47. The molecule has 2 aromatic rings. The number of thiophene rings is 1. The SMILES string of the molecule is O=C(NCC1CCCCC1)c1nnc2n1CCN1CCN(C(=O)c3ccsc3)C[C@H]21. The van der Waals surface area contributed by atoms with E-state index in [-0.39, 0.29) is 17.9 Å². The van der Waals surface area contributed by atoms with Gasteiger partial charge in [0.05, 0.1) is 11.6 Å². The molecule has 0 bridgehead atoms. The van der Waals surface area contributed by atoms with Crippen LogP contribution in [0.2, 0.25) is 0 Å². The van der Waals surface area contributed by atoms with Crippen molar-refractivity contribution in [2.45, 2.75) is 44.7 Å². The largest absolute Gasteiger partial charge is 0.349 e. The number of rotatable bonds is 4. The number of nitrogens with zero attached hydrogens (tertiary/aromatic N) is 5. The Morgan fingerprint density at radius 3 is 2.73 bits per heavy atom. The number of piperazine rings is 1. The Kier molecular flexibility index (Phi) is 5.56. The Bertz CT molecular complexity index is 905. The topological polar surface area (TPSA) is 83.4 Å². The van der Waals surface area contributed by atoms with Crippen LogP contribution < -0.4 is 5.32 Å². The number of fused-ring (bicyclic) bond motifs is 3. The van der Waals surface area contributed by atoms with Crippen LogP contribution in [-0.4, -0.2) is 69.1 Å². The lowest BCUT2D eigenvalue weighted by atomic mass is 9.89. The molecule has 4 heterocycles. The second-order valence-corrected chi connectivity index (χ2v) is 9.34. The molecular weight excluding hydrogens is 400 g/mol. The summed E-state index contributed by atoms with van der Waals surface area (Å²) in [5.74, 6) is 1.72. The van der Waals surface area contributed by atoms with E-state index in [1.165, 1.54) is 43.4 Å². The van der Waals surface area contributed by atoms with Gasteiger partial charge in [-0.1, -0.05) is 19.3 Å². The first-order valence-corrected chi connectivity index (χ1v) is 11.9. The van der Waals surface area contributed by atoms with Crippen LogP contribution in [0.3, 0.4) is 0 Å². The zero-order valence-corrected chi connectivity index (χ0v) is 17.9. The van der Waals surface area contributed by atoms with Gasteiger partial charge in [-0.3, -0.25) is 14.5 Å². The summed E-state index contributed by atoms with van der Waals surface area (Å²) < 4.78 is 1.95. The molecule has 0 spiro atoms. The van der Waals surface area contributed by atoms with Gasteiger partial charge in [0.2, 0.25) is 5.82 Å². The number of carbonyl (C=O) groups is 2. The normalized spacial score (nSPS) is 22.4. The van der Waals surface area contributed by atoms with Gasteiger partial charge in [0, 0.05) is 44.6 Å². The van der Waals surface area contributed by atoms with Crippen LogP contribution in [-0.2, 0) is 6.54 Å². The third kappa shape index (κ3) is 3.76. The number of amides is 2. The minimum atomic E-state index is -0.130. The first-order chi connectivity index (χ1) is 14.7. The summed E-state index contributed by atoms with van der Waals surface area (Å²) in [7, 11) is 0. The maximum absolute atomic E-state index is 12.8. The number of carbonyl (C=O) groups excluding carboxylic acids is 2. The molecule has 0 aromatic carbocycles. The van der Waals surface area contributed by atoms with Crippen molar-refractivity contribution in [1.29, 1.82) is 0 Å². The lowest BCUT2D eigenvalue weighted by Crippen LogP contribution is -2.53. The van der Waals surface area contributed by atoms with Crippen LogP contribution in [0.4, 0.5) is 0 Å². The highest BCUT2D eigenvalue weighted by Crippen LogP contribution is 2.29. The molecule has 2 aromatic heterocycles. The van der Waals surface area contributed by atoms with Gasteiger partial charge in [0.1, 0.15) is 0 Å². The van der Waals surface area contributed by atoms with E-state index in [9.17, 15) is 9.59 Å². The molecule has 1 atom stereocenters. The van der Waals surface area contributed by atoms with E-state index in [1.807, 2.05) is 26.3 Å². The third-order valence-electron chi connectivity index (χ3n) is 6.71. The fourth-order valence-corrected chi connectivity index (χ4v) is 5.60. The monoisotopic (exact) mass is 428 g/mol. The van der Waals surface area contributed by atoms with Gasteiger partial charge < -0.3 is 14.8 Å². The highest BCUT2D eigenvalue weighted by atomic mass is 32.1. The Morgan fingerprint density at radius 2 is 1.93 bits per heavy atom. The molecule has 2 fully saturated rings. The quantitative estimate of drug-likeness (QED) is 0.807. The standard InChI is InChI=1S/C21H28N6O2S/c28-20(22-12-15-4-2-1-3-5-15)19-24-23-18-17-13-26(21(29)16-6-11-30-14-16)8-7-25(17)9-10-27(18)19/h6,11,14-15,17H,1-5,7-10,12-13H2,(H,22,28)/t17-/m1/s1. The highest BCUT2D eigenvalue weighted by molar-refractivity contribution is 7.08. The van der Waals surface area contributed by atoms with Crippen molar-refractivity contribution in [2.24, 2.45) is 5.92 Å². The van der Waals surface area contributed by atoms with E-state index in [2.05, 4.69) is 20.4 Å². The maximum atomic E-state index is 12.8. The van der Waals surface area contributed by atoms with Gasteiger partial charge >= 0.3 is 0 Å². The van der Waals surface area contributed by atoms with E-state index in [1.54, 1.807) is 0 Å². The van der Waals surface area contributed by atoms with Crippen LogP contribution in [0.25, 0.3) is 0 Å². The molecule has 0 radical (unpaired) electrons. The van der Waals surface area contributed by atoms with Crippen LogP contribution >= 0.6 is 11.3 Å². The van der Waals surface area contributed by atoms with E-state index in [0.29, 0.717) is 31.4 Å². The van der Waals surface area contributed by atoms with Crippen molar-refractivity contribution in [3.8, 4) is 0 Å². The fourth-order valence-electron chi connectivity index (χ4n) is 4.97. The van der Waals surface area contributed by atoms with Crippen molar-refractivity contribution >= 4 is 23.2 Å². The number of hydrogen-bond donors (Lipinski definition) is 1. The van der Waals surface area contributed by atoms with E-state index in [0.717, 1.165) is 31.0 Å². The van der Waals surface area contributed by atoms with Crippen molar-refractivity contribution in [3.05, 3.63) is 34.0 Å². The molecule has 3 aliphatic rings. The van der Waals surface area contributed by atoms with E-state index >= 15 is 0 Å². The fraction of sp³-hybridized carbons (Fsp3) is 0.619. The summed E-state index contributed by atoms with van der Waals surface area (Å²) in [6, 6.07) is 1.86. The second-order valence-electron chi connectivity index (χ2n) is 8.56. The third-order valence-corrected chi connectivity index (χ3v) is 7.40. The average Bonchev–Trinajstić information content (AvgIpc) is 3.47. The molecule has 0 unspecified atom stereocenters. The van der Waals surface area contributed by atoms with Gasteiger partial charge in [-0.15, -0.1) is 10.2 Å². The molecule has 8 nitrogen and oxygen atoms in total. The van der Waals surface area contributed by atoms with Crippen LogP contribution in [0.15, 0.2) is 16.8 Å². The van der Waals surface area contributed by atoms with Crippen molar-refractivity contribution < 1.29 is 9.59 Å². The van der Waals surface area contributed by atoms with Crippen molar-refractivity contribution in [1.82, 2.24) is 29.9 Å². The predicted octanol–water partition coefficient (Wildman–Crippen LogP) is 2.16. The minimum absolute atomic E-state index is 0.0116. The molecule has 30 heavy (non-hydrogen) atoms. The highest BCUT2D eigenvalue weighted by Gasteiger charge is 2.38. The zero-order chi connectivity index (χ0) is 20.5. The molecule has 1 aliphatic carbocycles. The summed E-state index contributed by atoms with van der Waals surface area (Å²) in [5.41, 5.74) is 0.744. The molecular formula is C21H28N6O2S. The molecule has 5 rings (SSSR count). The molecule has 1 saturated carbocycles. The summed E-state index contributed by atoms with van der Waals surface area (Å²) in [6.45, 7) is 4.39. The Hall–Kier alpha value is -2.26. The summed E-state index contributed by atoms with van der Waals surface area (Å²) >= 11 is 1.54. The number of nitrogens with one attached hydrogen (secondary N) is 1. The smallest absolute Gasteiger partial charge is 0.289 e. The molecule has 1 N–H and O–H groups in total. The summed E-state index contributed by atoms with van der Waals surface area (Å²) in [4.78, 5) is 29.9. The van der Waals surface area contributed by atoms with Crippen molar-refractivity contribution in [3.63, 3.8) is 0 Å². The lowest BCUT2D eigenvalue weighted by Gasteiger charge is -2.43. The number of hydrogen-bond acceptors (Lipinski definition) is 6. The maximum Gasteiger partial charge on any atom is 0.289 e. The number of aromatic nitrogens is 3. The van der Waals surface area contributed by atoms with E-state index in [4.69, 9.17) is 0 Å². The van der Waals surface area contributed by atoms with Gasteiger partial charge in [-0.25, -0.2) is 0 Å². The van der Waals surface area contributed by atoms with Crippen molar-refractivity contribution in [2.75, 3.05) is 32.7 Å². The molecule has 9 heteroatoms. The van der Waals surface area contributed by atoms with Gasteiger partial charge in [0.15, 0.2) is 5.82 Å². The molecule has 160 valence electrons. The lowest BCUT2D eigenvalue weighted by molar-refractivity contribution is 0.0373. The minimum Gasteiger partial charge on any atom is -0.349 e. The molecule has 1 saturated heterocycles. The van der Waals surface area contributed by atoms with Gasteiger partial charge in [-0.2, -0.15) is 11.3 Å².